The van der Waals surface area contributed by atoms with Crippen molar-refractivity contribution in [3.8, 4) is 5.75 Å². The summed E-state index contributed by atoms with van der Waals surface area (Å²) in [5.74, 6) is 0.277. The largest absolute Gasteiger partial charge is 0.490 e. The maximum atomic E-state index is 10.8. The van der Waals surface area contributed by atoms with E-state index in [4.69, 9.17) is 4.74 Å². The van der Waals surface area contributed by atoms with Crippen molar-refractivity contribution in [3.63, 3.8) is 0 Å². The summed E-state index contributed by atoms with van der Waals surface area (Å²) in [4.78, 5) is 10.4. The first kappa shape index (κ1) is 12.6. The van der Waals surface area contributed by atoms with E-state index in [9.17, 15) is 10.1 Å². The molecule has 0 spiro atoms. The van der Waals surface area contributed by atoms with Crippen LogP contribution in [0.3, 0.4) is 0 Å². The minimum absolute atomic E-state index is 0.0128. The summed E-state index contributed by atoms with van der Waals surface area (Å²) in [6.07, 6.45) is 1.02. The molecule has 2 N–H and O–H groups in total. The molecule has 0 saturated carbocycles. The smallest absolute Gasteiger partial charge is 0.311 e. The Hall–Kier alpha value is -1.82. The van der Waals surface area contributed by atoms with Crippen LogP contribution in [0, 0.1) is 10.1 Å². The van der Waals surface area contributed by atoms with Gasteiger partial charge in [0, 0.05) is 29.9 Å². The number of nitro groups is 1. The third-order valence-electron chi connectivity index (χ3n) is 3.19. The summed E-state index contributed by atoms with van der Waals surface area (Å²) in [7, 11) is 1.44. The Morgan fingerprint density at radius 2 is 2.33 bits per heavy atom. The molecule has 1 saturated heterocycles. The fourth-order valence-electron chi connectivity index (χ4n) is 2.18. The number of nitrogens with zero attached hydrogens (tertiary/aromatic N) is 1. The van der Waals surface area contributed by atoms with Crippen LogP contribution in [0.5, 0.6) is 5.75 Å². The molecule has 1 heterocycles. The van der Waals surface area contributed by atoms with E-state index in [0.717, 1.165) is 25.2 Å². The number of nitro benzene ring substituents is 1. The Balaban J connectivity index is 2.22. The molecule has 1 aliphatic heterocycles. The van der Waals surface area contributed by atoms with Crippen LogP contribution in [-0.2, 0) is 0 Å². The van der Waals surface area contributed by atoms with Gasteiger partial charge in [0.1, 0.15) is 0 Å². The van der Waals surface area contributed by atoms with Crippen LogP contribution >= 0.6 is 0 Å². The SMILES string of the molecule is COc1cc(NC2(C)CCNC2)ccc1[N+](=O)[O-]. The van der Waals surface area contributed by atoms with E-state index >= 15 is 0 Å². The van der Waals surface area contributed by atoms with E-state index < -0.39 is 4.92 Å². The van der Waals surface area contributed by atoms with Gasteiger partial charge >= 0.3 is 5.69 Å². The van der Waals surface area contributed by atoms with E-state index in [0.29, 0.717) is 0 Å². The first-order valence-electron chi connectivity index (χ1n) is 5.85. The van der Waals surface area contributed by atoms with Gasteiger partial charge in [-0.1, -0.05) is 0 Å². The second-order valence-corrected chi connectivity index (χ2v) is 4.76. The van der Waals surface area contributed by atoms with Gasteiger partial charge < -0.3 is 15.4 Å². The molecule has 1 aromatic carbocycles. The number of anilines is 1. The van der Waals surface area contributed by atoms with E-state index in [1.807, 2.05) is 0 Å². The highest BCUT2D eigenvalue weighted by Gasteiger charge is 2.28. The molecule has 1 fully saturated rings. The average molecular weight is 251 g/mol. The van der Waals surface area contributed by atoms with Crippen molar-refractivity contribution < 1.29 is 9.66 Å². The predicted octanol–water partition coefficient (Wildman–Crippen LogP) is 1.77. The van der Waals surface area contributed by atoms with Crippen molar-refractivity contribution in [2.75, 3.05) is 25.5 Å². The minimum atomic E-state index is -0.443. The van der Waals surface area contributed by atoms with Crippen molar-refractivity contribution in [1.82, 2.24) is 5.32 Å². The molecule has 0 aromatic heterocycles. The molecule has 0 aliphatic carbocycles. The van der Waals surface area contributed by atoms with Crippen LogP contribution < -0.4 is 15.4 Å². The van der Waals surface area contributed by atoms with Crippen LogP contribution in [0.25, 0.3) is 0 Å². The topological polar surface area (TPSA) is 76.4 Å². The van der Waals surface area contributed by atoms with Crippen molar-refractivity contribution in [3.05, 3.63) is 28.3 Å². The fraction of sp³-hybridized carbons (Fsp3) is 0.500. The summed E-state index contributed by atoms with van der Waals surface area (Å²) in [5.41, 5.74) is 0.808. The van der Waals surface area contributed by atoms with Crippen molar-refractivity contribution in [2.24, 2.45) is 0 Å². The van der Waals surface area contributed by atoms with Gasteiger partial charge in [-0.05, 0) is 26.0 Å². The Bertz CT molecular complexity index is 456. The fourth-order valence-corrected chi connectivity index (χ4v) is 2.18. The molecule has 1 unspecified atom stereocenters. The monoisotopic (exact) mass is 251 g/mol. The summed E-state index contributed by atoms with van der Waals surface area (Å²) < 4.78 is 5.05. The Morgan fingerprint density at radius 1 is 1.56 bits per heavy atom. The molecule has 1 aromatic rings. The highest BCUT2D eigenvalue weighted by atomic mass is 16.6. The van der Waals surface area contributed by atoms with Gasteiger partial charge in [-0.15, -0.1) is 0 Å². The van der Waals surface area contributed by atoms with Crippen LogP contribution in [0.15, 0.2) is 18.2 Å². The highest BCUT2D eigenvalue weighted by molar-refractivity contribution is 5.59. The number of nitrogens with one attached hydrogen (secondary N) is 2. The zero-order valence-electron chi connectivity index (χ0n) is 10.5. The molecular weight excluding hydrogens is 234 g/mol. The summed E-state index contributed by atoms with van der Waals surface area (Å²) in [6.45, 7) is 3.99. The number of hydrogen-bond donors (Lipinski definition) is 2. The zero-order valence-corrected chi connectivity index (χ0v) is 10.5. The molecule has 6 heteroatoms. The first-order chi connectivity index (χ1) is 8.54. The molecule has 98 valence electrons. The third-order valence-corrected chi connectivity index (χ3v) is 3.19. The van der Waals surface area contributed by atoms with Crippen molar-refractivity contribution >= 4 is 11.4 Å². The van der Waals surface area contributed by atoms with Crippen LogP contribution in [0.1, 0.15) is 13.3 Å². The van der Waals surface area contributed by atoms with Crippen LogP contribution in [0.4, 0.5) is 11.4 Å². The molecule has 18 heavy (non-hydrogen) atoms. The van der Waals surface area contributed by atoms with Gasteiger partial charge in [-0.3, -0.25) is 10.1 Å². The standard InChI is InChI=1S/C12H17N3O3/c1-12(5-6-13-8-12)14-9-3-4-10(15(16)17)11(7-9)18-2/h3-4,7,13-14H,5-6,8H2,1-2H3. The van der Waals surface area contributed by atoms with Crippen molar-refractivity contribution in [2.45, 2.75) is 18.9 Å². The lowest BCUT2D eigenvalue weighted by molar-refractivity contribution is -0.385. The molecule has 0 amide bonds. The van der Waals surface area contributed by atoms with Gasteiger partial charge in [0.05, 0.1) is 12.0 Å². The predicted molar refractivity (Wildman–Crippen MR) is 69.2 cm³/mol. The van der Waals surface area contributed by atoms with E-state index in [-0.39, 0.29) is 17.0 Å². The lowest BCUT2D eigenvalue weighted by Gasteiger charge is -2.26. The van der Waals surface area contributed by atoms with Gasteiger partial charge in [-0.2, -0.15) is 0 Å². The van der Waals surface area contributed by atoms with Gasteiger partial charge in [-0.25, -0.2) is 0 Å². The van der Waals surface area contributed by atoms with Gasteiger partial charge in [0.15, 0.2) is 5.75 Å². The summed E-state index contributed by atoms with van der Waals surface area (Å²) in [5, 5.41) is 17.5. The Labute approximate surface area is 105 Å². The number of rotatable bonds is 4. The normalized spacial score (nSPS) is 22.8. The molecule has 1 atom stereocenters. The molecule has 6 nitrogen and oxygen atoms in total. The number of ether oxygens (including phenoxy) is 1. The Kier molecular flexibility index (Phi) is 3.38. The summed E-state index contributed by atoms with van der Waals surface area (Å²) >= 11 is 0. The summed E-state index contributed by atoms with van der Waals surface area (Å²) in [6, 6.07) is 4.85. The van der Waals surface area contributed by atoms with Crippen LogP contribution in [-0.4, -0.2) is 30.7 Å². The number of benzene rings is 1. The molecule has 2 rings (SSSR count). The number of hydrogen-bond acceptors (Lipinski definition) is 5. The lowest BCUT2D eigenvalue weighted by Crippen LogP contribution is -2.36. The van der Waals surface area contributed by atoms with Gasteiger partial charge in [0.2, 0.25) is 0 Å². The van der Waals surface area contributed by atoms with Gasteiger partial charge in [0.25, 0.3) is 0 Å². The second kappa shape index (κ2) is 4.81. The Morgan fingerprint density at radius 3 is 2.89 bits per heavy atom. The maximum absolute atomic E-state index is 10.8. The van der Waals surface area contributed by atoms with Crippen LogP contribution in [0.2, 0.25) is 0 Å². The maximum Gasteiger partial charge on any atom is 0.311 e. The minimum Gasteiger partial charge on any atom is -0.490 e. The van der Waals surface area contributed by atoms with E-state index in [1.165, 1.54) is 13.2 Å². The number of methoxy groups -OCH3 is 1. The highest BCUT2D eigenvalue weighted by Crippen LogP contribution is 2.31. The molecule has 1 aliphatic rings. The molecule has 0 bridgehead atoms. The second-order valence-electron chi connectivity index (χ2n) is 4.76. The van der Waals surface area contributed by atoms with E-state index in [1.54, 1.807) is 12.1 Å². The first-order valence-corrected chi connectivity index (χ1v) is 5.85. The molecular formula is C12H17N3O3. The quantitative estimate of drug-likeness (QED) is 0.630. The molecule has 0 radical (unpaired) electrons. The zero-order chi connectivity index (χ0) is 13.2. The van der Waals surface area contributed by atoms with E-state index in [2.05, 4.69) is 17.6 Å². The third kappa shape index (κ3) is 2.53. The average Bonchev–Trinajstić information content (AvgIpc) is 2.75. The van der Waals surface area contributed by atoms with Crippen molar-refractivity contribution in [1.29, 1.82) is 0 Å². The lowest BCUT2D eigenvalue weighted by atomic mass is 10.0.